The molecule has 0 bridgehead atoms. The lowest BCUT2D eigenvalue weighted by molar-refractivity contribution is -0.119. The summed E-state index contributed by atoms with van der Waals surface area (Å²) in [4.78, 5) is 23.6. The lowest BCUT2D eigenvalue weighted by Crippen LogP contribution is -2.47. The summed E-state index contributed by atoms with van der Waals surface area (Å²) in [6.45, 7) is 5.72. The maximum atomic E-state index is 12.2. The van der Waals surface area contributed by atoms with Gasteiger partial charge in [-0.05, 0) is 59.7 Å². The highest BCUT2D eigenvalue weighted by Crippen LogP contribution is 2.13. The Labute approximate surface area is 132 Å². The monoisotopic (exact) mass is 390 g/mol. The van der Waals surface area contributed by atoms with Crippen molar-refractivity contribution in [1.82, 2.24) is 5.32 Å². The summed E-state index contributed by atoms with van der Waals surface area (Å²) in [6, 6.07) is 6.81. The number of nitrogens with one attached hydrogen (secondary N) is 2. The van der Waals surface area contributed by atoms with Crippen LogP contribution in [0.4, 0.5) is 10.5 Å². The third kappa shape index (κ3) is 5.36. The van der Waals surface area contributed by atoms with E-state index >= 15 is 0 Å². The van der Waals surface area contributed by atoms with Gasteiger partial charge in [-0.2, -0.15) is 0 Å². The van der Waals surface area contributed by atoms with Crippen LogP contribution >= 0.6 is 22.6 Å². The van der Waals surface area contributed by atoms with Crippen molar-refractivity contribution in [2.24, 2.45) is 5.92 Å². The zero-order valence-corrected chi connectivity index (χ0v) is 13.9. The molecule has 1 atom stereocenters. The molecule has 110 valence electrons. The third-order valence-electron chi connectivity index (χ3n) is 2.61. The molecule has 2 amide bonds. The number of halogens is 1. The predicted octanol–water partition coefficient (Wildman–Crippen LogP) is 3.00. The van der Waals surface area contributed by atoms with Crippen molar-refractivity contribution in [1.29, 1.82) is 0 Å². The molecular formula is C14H19IN2O3. The average molecular weight is 390 g/mol. The van der Waals surface area contributed by atoms with Crippen LogP contribution in [0.25, 0.3) is 0 Å². The summed E-state index contributed by atoms with van der Waals surface area (Å²) in [5.74, 6) is -0.294. The number of carbonyl (C=O) groups excluding carboxylic acids is 2. The Morgan fingerprint density at radius 2 is 1.85 bits per heavy atom. The first-order valence-electron chi connectivity index (χ1n) is 6.43. The van der Waals surface area contributed by atoms with Gasteiger partial charge in [0.15, 0.2) is 0 Å². The van der Waals surface area contributed by atoms with E-state index in [1.807, 2.05) is 38.1 Å². The summed E-state index contributed by atoms with van der Waals surface area (Å²) in [5, 5.41) is 5.36. The molecule has 0 aliphatic rings. The van der Waals surface area contributed by atoms with Crippen molar-refractivity contribution in [3.05, 3.63) is 27.8 Å². The van der Waals surface area contributed by atoms with Crippen molar-refractivity contribution in [2.45, 2.75) is 26.8 Å². The third-order valence-corrected chi connectivity index (χ3v) is 3.33. The molecule has 5 nitrogen and oxygen atoms in total. The van der Waals surface area contributed by atoms with Gasteiger partial charge in [0.1, 0.15) is 6.04 Å². The SMILES string of the molecule is CCOC(=O)NC(C(=O)Nc1ccc(I)cc1)C(C)C. The van der Waals surface area contributed by atoms with Gasteiger partial charge in [0.05, 0.1) is 6.61 Å². The minimum atomic E-state index is -0.631. The largest absolute Gasteiger partial charge is 0.450 e. The molecule has 1 rings (SSSR count). The maximum absolute atomic E-state index is 12.2. The van der Waals surface area contributed by atoms with Crippen LogP contribution in [-0.2, 0) is 9.53 Å². The topological polar surface area (TPSA) is 67.4 Å². The van der Waals surface area contributed by atoms with Crippen molar-refractivity contribution in [3.8, 4) is 0 Å². The molecule has 0 spiro atoms. The summed E-state index contributed by atoms with van der Waals surface area (Å²) in [7, 11) is 0. The molecule has 0 aromatic heterocycles. The Morgan fingerprint density at radius 1 is 1.25 bits per heavy atom. The number of hydrogen-bond acceptors (Lipinski definition) is 3. The standard InChI is InChI=1S/C14H19IN2O3/c1-4-20-14(19)17-12(9(2)3)13(18)16-11-7-5-10(15)6-8-11/h5-9,12H,4H2,1-3H3,(H,16,18)(H,17,19). The molecule has 0 fully saturated rings. The summed E-state index contributed by atoms with van der Waals surface area (Å²) in [6.07, 6.45) is -0.580. The molecule has 0 saturated heterocycles. The molecule has 6 heteroatoms. The van der Waals surface area contributed by atoms with E-state index in [0.29, 0.717) is 5.69 Å². The molecule has 0 saturated carbocycles. The number of benzene rings is 1. The first-order chi connectivity index (χ1) is 9.43. The van der Waals surface area contributed by atoms with Crippen LogP contribution < -0.4 is 10.6 Å². The lowest BCUT2D eigenvalue weighted by atomic mass is 10.0. The molecule has 1 aromatic carbocycles. The van der Waals surface area contributed by atoms with Crippen LogP contribution in [0.15, 0.2) is 24.3 Å². The van der Waals surface area contributed by atoms with Gasteiger partial charge >= 0.3 is 6.09 Å². The van der Waals surface area contributed by atoms with Crippen LogP contribution in [0.1, 0.15) is 20.8 Å². The Hall–Kier alpha value is -1.31. The Morgan fingerprint density at radius 3 is 2.35 bits per heavy atom. The fraction of sp³-hybridized carbons (Fsp3) is 0.429. The van der Waals surface area contributed by atoms with E-state index in [4.69, 9.17) is 4.74 Å². The summed E-state index contributed by atoms with van der Waals surface area (Å²) in [5.41, 5.74) is 0.701. The van der Waals surface area contributed by atoms with Crippen LogP contribution in [0.3, 0.4) is 0 Å². The quantitative estimate of drug-likeness (QED) is 0.760. The number of rotatable bonds is 5. The van der Waals surface area contributed by atoms with Crippen LogP contribution in [0, 0.1) is 9.49 Å². The fourth-order valence-electron chi connectivity index (χ4n) is 1.59. The van der Waals surface area contributed by atoms with E-state index in [-0.39, 0.29) is 18.4 Å². The van der Waals surface area contributed by atoms with E-state index in [2.05, 4.69) is 33.2 Å². The summed E-state index contributed by atoms with van der Waals surface area (Å²) < 4.78 is 5.90. The number of anilines is 1. The fourth-order valence-corrected chi connectivity index (χ4v) is 1.95. The highest BCUT2D eigenvalue weighted by Gasteiger charge is 2.24. The van der Waals surface area contributed by atoms with Crippen LogP contribution in [0.5, 0.6) is 0 Å². The first kappa shape index (κ1) is 16.7. The zero-order chi connectivity index (χ0) is 15.1. The Kier molecular flexibility index (Phi) is 6.77. The van der Waals surface area contributed by atoms with Crippen molar-refractivity contribution in [2.75, 3.05) is 11.9 Å². The number of amides is 2. The van der Waals surface area contributed by atoms with Gasteiger partial charge < -0.3 is 15.4 Å². The minimum absolute atomic E-state index is 0.0387. The van der Waals surface area contributed by atoms with Gasteiger partial charge in [-0.15, -0.1) is 0 Å². The van der Waals surface area contributed by atoms with E-state index < -0.39 is 12.1 Å². The Bertz CT molecular complexity index is 460. The van der Waals surface area contributed by atoms with E-state index in [9.17, 15) is 9.59 Å². The highest BCUT2D eigenvalue weighted by atomic mass is 127. The van der Waals surface area contributed by atoms with E-state index in [0.717, 1.165) is 3.57 Å². The number of carbonyl (C=O) groups is 2. The second kappa shape index (κ2) is 8.08. The minimum Gasteiger partial charge on any atom is -0.450 e. The molecule has 0 radical (unpaired) electrons. The number of hydrogen-bond donors (Lipinski definition) is 2. The number of alkyl carbamates (subject to hydrolysis) is 1. The zero-order valence-electron chi connectivity index (χ0n) is 11.8. The van der Waals surface area contributed by atoms with Crippen molar-refractivity contribution < 1.29 is 14.3 Å². The van der Waals surface area contributed by atoms with Crippen molar-refractivity contribution in [3.63, 3.8) is 0 Å². The summed E-state index contributed by atoms with van der Waals surface area (Å²) >= 11 is 2.19. The lowest BCUT2D eigenvalue weighted by Gasteiger charge is -2.21. The normalized spacial score (nSPS) is 11.8. The van der Waals surface area contributed by atoms with E-state index in [1.165, 1.54) is 0 Å². The van der Waals surface area contributed by atoms with E-state index in [1.54, 1.807) is 6.92 Å². The van der Waals surface area contributed by atoms with Crippen LogP contribution in [0.2, 0.25) is 0 Å². The maximum Gasteiger partial charge on any atom is 0.407 e. The average Bonchev–Trinajstić information content (AvgIpc) is 2.38. The van der Waals surface area contributed by atoms with Gasteiger partial charge in [-0.1, -0.05) is 13.8 Å². The predicted molar refractivity (Wildman–Crippen MR) is 86.6 cm³/mol. The second-order valence-corrected chi connectivity index (χ2v) is 5.83. The Balaban J connectivity index is 2.69. The van der Waals surface area contributed by atoms with Gasteiger partial charge in [-0.3, -0.25) is 4.79 Å². The molecule has 1 aromatic rings. The molecule has 0 aliphatic carbocycles. The van der Waals surface area contributed by atoms with Gasteiger partial charge in [0, 0.05) is 9.26 Å². The molecular weight excluding hydrogens is 371 g/mol. The van der Waals surface area contributed by atoms with Crippen molar-refractivity contribution >= 4 is 40.3 Å². The first-order valence-corrected chi connectivity index (χ1v) is 7.51. The van der Waals surface area contributed by atoms with Gasteiger partial charge in [-0.25, -0.2) is 4.79 Å². The molecule has 2 N–H and O–H groups in total. The molecule has 1 unspecified atom stereocenters. The number of ether oxygens (including phenoxy) is 1. The molecule has 20 heavy (non-hydrogen) atoms. The van der Waals surface area contributed by atoms with Crippen LogP contribution in [-0.4, -0.2) is 24.6 Å². The highest BCUT2D eigenvalue weighted by molar-refractivity contribution is 14.1. The molecule has 0 heterocycles. The second-order valence-electron chi connectivity index (χ2n) is 4.58. The van der Waals surface area contributed by atoms with Gasteiger partial charge in [0.2, 0.25) is 5.91 Å². The smallest absolute Gasteiger partial charge is 0.407 e. The van der Waals surface area contributed by atoms with Gasteiger partial charge in [0.25, 0.3) is 0 Å². The molecule has 0 aliphatic heterocycles.